The molecule has 3 N–H and O–H groups in total. The van der Waals surface area contributed by atoms with Crippen LogP contribution in [0.15, 0.2) is 0 Å². The number of hydrogen-bond donors (Lipinski definition) is 2. The third-order valence-electron chi connectivity index (χ3n) is 1.99. The summed E-state index contributed by atoms with van der Waals surface area (Å²) in [5.41, 5.74) is 5.13. The Balaban J connectivity index is 4.37. The quantitative estimate of drug-likeness (QED) is 0.678. The number of nitrogens with zero attached hydrogens (tertiary/aromatic N) is 1. The lowest BCUT2D eigenvalue weighted by molar-refractivity contribution is -0.129. The number of nitriles is 1. The van der Waals surface area contributed by atoms with Gasteiger partial charge < -0.3 is 11.1 Å². The van der Waals surface area contributed by atoms with E-state index in [1.54, 1.807) is 20.8 Å². The minimum atomic E-state index is -0.755. The van der Waals surface area contributed by atoms with Gasteiger partial charge in [0.15, 0.2) is 0 Å². The molecule has 0 aliphatic heterocycles. The van der Waals surface area contributed by atoms with Crippen molar-refractivity contribution in [3.05, 3.63) is 0 Å². The first kappa shape index (κ1) is 13.4. The van der Waals surface area contributed by atoms with E-state index >= 15 is 0 Å². The van der Waals surface area contributed by atoms with E-state index < -0.39 is 11.9 Å². The van der Waals surface area contributed by atoms with E-state index in [0.29, 0.717) is 0 Å². The molecule has 0 aromatic rings. The second kappa shape index (κ2) is 6.02. The minimum Gasteiger partial charge on any atom is -0.368 e. The van der Waals surface area contributed by atoms with E-state index in [1.807, 2.05) is 6.07 Å². The number of primary amides is 1. The fourth-order valence-electron chi connectivity index (χ4n) is 0.991. The molecular weight excluding hydrogens is 194 g/mol. The first-order valence-corrected chi connectivity index (χ1v) is 4.87. The second-order valence-corrected chi connectivity index (χ2v) is 3.88. The molecular formula is C10H17N3O2. The van der Waals surface area contributed by atoms with Crippen molar-refractivity contribution >= 4 is 11.8 Å². The summed E-state index contributed by atoms with van der Waals surface area (Å²) < 4.78 is 0. The maximum atomic E-state index is 11.3. The zero-order valence-corrected chi connectivity index (χ0v) is 9.28. The molecule has 0 aliphatic carbocycles. The number of rotatable bonds is 5. The number of nitrogens with one attached hydrogen (secondary N) is 1. The smallest absolute Gasteiger partial charge is 0.240 e. The van der Waals surface area contributed by atoms with Gasteiger partial charge in [0.2, 0.25) is 11.8 Å². The lowest BCUT2D eigenvalue weighted by Crippen LogP contribution is -2.46. The third kappa shape index (κ3) is 5.01. The van der Waals surface area contributed by atoms with E-state index in [4.69, 9.17) is 11.0 Å². The highest BCUT2D eigenvalue weighted by Crippen LogP contribution is 2.05. The molecule has 0 rings (SSSR count). The molecule has 0 radical (unpaired) electrons. The van der Waals surface area contributed by atoms with Gasteiger partial charge in [-0.25, -0.2) is 0 Å². The summed E-state index contributed by atoms with van der Waals surface area (Å²) >= 11 is 0. The van der Waals surface area contributed by atoms with Crippen molar-refractivity contribution in [2.45, 2.75) is 33.2 Å². The van der Waals surface area contributed by atoms with E-state index in [9.17, 15) is 9.59 Å². The molecule has 5 nitrogen and oxygen atoms in total. The molecule has 84 valence electrons. The summed E-state index contributed by atoms with van der Waals surface area (Å²) in [6.45, 7) is 5.12. The number of nitrogens with two attached hydrogens (primary N) is 1. The summed E-state index contributed by atoms with van der Waals surface area (Å²) in [6, 6.07) is 1.24. The predicted molar refractivity (Wildman–Crippen MR) is 55.4 cm³/mol. The van der Waals surface area contributed by atoms with Crippen molar-refractivity contribution in [3.8, 4) is 6.07 Å². The van der Waals surface area contributed by atoms with Gasteiger partial charge >= 0.3 is 0 Å². The SMILES string of the molecule is CC(C)C(=O)N[C@@H](C[C@@H](C)C#N)C(N)=O. The first-order valence-electron chi connectivity index (χ1n) is 4.87. The van der Waals surface area contributed by atoms with Crippen molar-refractivity contribution in [2.75, 3.05) is 0 Å². The highest BCUT2D eigenvalue weighted by molar-refractivity contribution is 5.87. The first-order chi connectivity index (χ1) is 6.88. The zero-order valence-electron chi connectivity index (χ0n) is 9.28. The topological polar surface area (TPSA) is 96.0 Å². The van der Waals surface area contributed by atoms with Gasteiger partial charge in [0, 0.05) is 11.8 Å². The lowest BCUT2D eigenvalue weighted by atomic mass is 10.0. The molecule has 15 heavy (non-hydrogen) atoms. The molecule has 2 atom stereocenters. The molecule has 5 heteroatoms. The third-order valence-corrected chi connectivity index (χ3v) is 1.99. The van der Waals surface area contributed by atoms with Crippen LogP contribution in [0.4, 0.5) is 0 Å². The van der Waals surface area contributed by atoms with E-state index in [1.165, 1.54) is 0 Å². The molecule has 0 bridgehead atoms. The van der Waals surface area contributed by atoms with Gasteiger partial charge in [0.05, 0.1) is 6.07 Å². The molecule has 0 saturated carbocycles. The van der Waals surface area contributed by atoms with Crippen LogP contribution in [-0.4, -0.2) is 17.9 Å². The molecule has 0 saturated heterocycles. The Bertz CT molecular complexity index is 281. The van der Waals surface area contributed by atoms with Crippen molar-refractivity contribution < 1.29 is 9.59 Å². The molecule has 0 fully saturated rings. The van der Waals surface area contributed by atoms with Crippen LogP contribution in [0.1, 0.15) is 27.2 Å². The van der Waals surface area contributed by atoms with Crippen LogP contribution in [0.2, 0.25) is 0 Å². The summed E-state index contributed by atoms with van der Waals surface area (Å²) in [5, 5.41) is 11.1. The summed E-state index contributed by atoms with van der Waals surface area (Å²) in [5.74, 6) is -1.35. The highest BCUT2D eigenvalue weighted by Gasteiger charge is 2.21. The lowest BCUT2D eigenvalue weighted by Gasteiger charge is -2.17. The average molecular weight is 211 g/mol. The normalized spacial score (nSPS) is 14.1. The Hall–Kier alpha value is -1.57. The standard InChI is InChI=1S/C10H17N3O2/c1-6(2)10(15)13-8(9(12)14)4-7(3)5-11/h6-8H,4H2,1-3H3,(H2,12,14)(H,13,15)/t7-,8+/m1/s1. The van der Waals surface area contributed by atoms with Crippen LogP contribution in [0.5, 0.6) is 0 Å². The van der Waals surface area contributed by atoms with E-state index in [2.05, 4.69) is 5.32 Å². The zero-order chi connectivity index (χ0) is 12.0. The van der Waals surface area contributed by atoms with Gasteiger partial charge in [-0.3, -0.25) is 9.59 Å². The van der Waals surface area contributed by atoms with Gasteiger partial charge in [-0.15, -0.1) is 0 Å². The molecule has 0 heterocycles. The van der Waals surface area contributed by atoms with Gasteiger partial charge in [-0.05, 0) is 13.3 Å². The van der Waals surface area contributed by atoms with E-state index in [0.717, 1.165) is 0 Å². The average Bonchev–Trinajstić information content (AvgIpc) is 2.15. The van der Waals surface area contributed by atoms with Crippen LogP contribution < -0.4 is 11.1 Å². The van der Waals surface area contributed by atoms with Crippen LogP contribution in [-0.2, 0) is 9.59 Å². The fraction of sp³-hybridized carbons (Fsp3) is 0.700. The Labute approximate surface area is 89.6 Å². The van der Waals surface area contributed by atoms with E-state index in [-0.39, 0.29) is 24.2 Å². The Morgan fingerprint density at radius 2 is 1.93 bits per heavy atom. The highest BCUT2D eigenvalue weighted by atomic mass is 16.2. The van der Waals surface area contributed by atoms with Crippen molar-refractivity contribution in [1.82, 2.24) is 5.32 Å². The number of carbonyl (C=O) groups is 2. The van der Waals surface area contributed by atoms with Crippen molar-refractivity contribution in [2.24, 2.45) is 17.6 Å². The van der Waals surface area contributed by atoms with Crippen molar-refractivity contribution in [3.63, 3.8) is 0 Å². The monoisotopic (exact) mass is 211 g/mol. The summed E-state index contributed by atoms with van der Waals surface area (Å²) in [7, 11) is 0. The molecule has 0 unspecified atom stereocenters. The summed E-state index contributed by atoms with van der Waals surface area (Å²) in [6.07, 6.45) is 0.254. The van der Waals surface area contributed by atoms with Gasteiger partial charge in [-0.1, -0.05) is 13.8 Å². The van der Waals surface area contributed by atoms with Gasteiger partial charge in [0.25, 0.3) is 0 Å². The van der Waals surface area contributed by atoms with Crippen LogP contribution in [0.25, 0.3) is 0 Å². The molecule has 2 amide bonds. The van der Waals surface area contributed by atoms with Gasteiger partial charge in [-0.2, -0.15) is 5.26 Å². The van der Waals surface area contributed by atoms with Crippen molar-refractivity contribution in [1.29, 1.82) is 5.26 Å². The maximum absolute atomic E-state index is 11.3. The minimum absolute atomic E-state index is 0.204. The van der Waals surface area contributed by atoms with Crippen LogP contribution >= 0.6 is 0 Å². The van der Waals surface area contributed by atoms with Gasteiger partial charge in [0.1, 0.15) is 6.04 Å². The Morgan fingerprint density at radius 1 is 1.40 bits per heavy atom. The number of carbonyl (C=O) groups excluding carboxylic acids is 2. The molecule has 0 spiro atoms. The van der Waals surface area contributed by atoms with Crippen LogP contribution in [0, 0.1) is 23.2 Å². The second-order valence-electron chi connectivity index (χ2n) is 3.88. The fourth-order valence-corrected chi connectivity index (χ4v) is 0.991. The predicted octanol–water partition coefficient (Wildman–Crippen LogP) is 0.162. The Kier molecular flexibility index (Phi) is 5.39. The number of hydrogen-bond acceptors (Lipinski definition) is 3. The number of amides is 2. The molecule has 0 aromatic carbocycles. The maximum Gasteiger partial charge on any atom is 0.240 e. The summed E-state index contributed by atoms with van der Waals surface area (Å²) in [4.78, 5) is 22.3. The van der Waals surface area contributed by atoms with Crippen LogP contribution in [0.3, 0.4) is 0 Å². The molecule has 0 aromatic heterocycles. The Morgan fingerprint density at radius 3 is 2.27 bits per heavy atom. The molecule has 0 aliphatic rings. The largest absolute Gasteiger partial charge is 0.368 e.